The molecule has 1 amide bonds. The highest BCUT2D eigenvalue weighted by Crippen LogP contribution is 2.25. The number of nitrogens with two attached hydrogens (primary N) is 1. The highest BCUT2D eigenvalue weighted by Gasteiger charge is 2.27. The van der Waals surface area contributed by atoms with Crippen LogP contribution in [0.4, 0.5) is 5.69 Å². The van der Waals surface area contributed by atoms with Crippen molar-refractivity contribution >= 4 is 33.0 Å². The molecule has 0 bridgehead atoms. The fraction of sp³-hybridized carbons (Fsp3) is 0.357. The van der Waals surface area contributed by atoms with E-state index in [1.54, 1.807) is 11.3 Å². The molecule has 2 rings (SSSR count). The van der Waals surface area contributed by atoms with Crippen molar-refractivity contribution in [3.63, 3.8) is 0 Å². The highest BCUT2D eigenvalue weighted by atomic mass is 32.1. The maximum atomic E-state index is 12.0. The standard InChI is InChI=1S/C14H18N2OS/c1-14(2,3)12(15)13(17)16-10-4-5-11-9(8-10)6-7-18-11/h4-8,12H,15H2,1-3H3,(H,16,17). The van der Waals surface area contributed by atoms with Crippen molar-refractivity contribution in [1.82, 2.24) is 0 Å². The number of thiophene rings is 1. The third-order valence-corrected chi connectivity index (χ3v) is 3.83. The van der Waals surface area contributed by atoms with Crippen LogP contribution in [0.5, 0.6) is 0 Å². The van der Waals surface area contributed by atoms with Gasteiger partial charge in [0.05, 0.1) is 6.04 Å². The predicted molar refractivity (Wildman–Crippen MR) is 77.9 cm³/mol. The number of hydrogen-bond acceptors (Lipinski definition) is 3. The second kappa shape index (κ2) is 4.71. The molecular formula is C14H18N2OS. The predicted octanol–water partition coefficient (Wildman–Crippen LogP) is 3.21. The number of anilines is 1. The SMILES string of the molecule is CC(C)(C)C(N)C(=O)Nc1ccc2sccc2c1. The molecule has 18 heavy (non-hydrogen) atoms. The first-order chi connectivity index (χ1) is 8.38. The molecule has 1 aromatic heterocycles. The van der Waals surface area contributed by atoms with Crippen LogP contribution < -0.4 is 11.1 Å². The normalized spacial score (nSPS) is 13.6. The summed E-state index contributed by atoms with van der Waals surface area (Å²) >= 11 is 1.69. The fourth-order valence-corrected chi connectivity index (χ4v) is 2.43. The third-order valence-electron chi connectivity index (χ3n) is 2.94. The van der Waals surface area contributed by atoms with Gasteiger partial charge < -0.3 is 11.1 Å². The first-order valence-electron chi connectivity index (χ1n) is 5.91. The minimum absolute atomic E-state index is 0.142. The molecule has 1 unspecified atom stereocenters. The van der Waals surface area contributed by atoms with Gasteiger partial charge in [0.25, 0.3) is 0 Å². The van der Waals surface area contributed by atoms with E-state index < -0.39 is 6.04 Å². The van der Waals surface area contributed by atoms with Crippen molar-refractivity contribution < 1.29 is 4.79 Å². The van der Waals surface area contributed by atoms with Crippen molar-refractivity contribution in [2.75, 3.05) is 5.32 Å². The average Bonchev–Trinajstić information content (AvgIpc) is 2.73. The number of hydrogen-bond donors (Lipinski definition) is 2. The molecule has 3 N–H and O–H groups in total. The summed E-state index contributed by atoms with van der Waals surface area (Å²) in [5.41, 5.74) is 6.48. The molecule has 96 valence electrons. The van der Waals surface area contributed by atoms with E-state index in [0.29, 0.717) is 0 Å². The number of nitrogens with one attached hydrogen (secondary N) is 1. The number of carbonyl (C=O) groups excluding carboxylic acids is 1. The Bertz CT molecular complexity index is 568. The van der Waals surface area contributed by atoms with Gasteiger partial charge in [-0.25, -0.2) is 0 Å². The summed E-state index contributed by atoms with van der Waals surface area (Å²) in [5, 5.41) is 6.05. The van der Waals surface area contributed by atoms with E-state index >= 15 is 0 Å². The largest absolute Gasteiger partial charge is 0.325 e. The van der Waals surface area contributed by atoms with Gasteiger partial charge in [-0.2, -0.15) is 0 Å². The minimum atomic E-state index is -0.518. The Morgan fingerprint density at radius 1 is 1.33 bits per heavy atom. The second-order valence-corrected chi connectivity index (χ2v) is 6.45. The molecule has 2 aromatic rings. The number of carbonyl (C=O) groups is 1. The lowest BCUT2D eigenvalue weighted by atomic mass is 9.87. The van der Waals surface area contributed by atoms with E-state index in [9.17, 15) is 4.79 Å². The zero-order valence-electron chi connectivity index (χ0n) is 10.9. The summed E-state index contributed by atoms with van der Waals surface area (Å²) in [6, 6.07) is 7.42. The van der Waals surface area contributed by atoms with E-state index in [1.807, 2.05) is 50.4 Å². The fourth-order valence-electron chi connectivity index (χ4n) is 1.66. The summed E-state index contributed by atoms with van der Waals surface area (Å²) in [6.45, 7) is 5.87. The van der Waals surface area contributed by atoms with Gasteiger partial charge in [0, 0.05) is 10.4 Å². The van der Waals surface area contributed by atoms with Crippen molar-refractivity contribution in [2.45, 2.75) is 26.8 Å². The van der Waals surface area contributed by atoms with Crippen molar-refractivity contribution in [1.29, 1.82) is 0 Å². The molecule has 3 nitrogen and oxygen atoms in total. The highest BCUT2D eigenvalue weighted by molar-refractivity contribution is 7.17. The molecular weight excluding hydrogens is 244 g/mol. The van der Waals surface area contributed by atoms with E-state index in [0.717, 1.165) is 11.1 Å². The van der Waals surface area contributed by atoms with E-state index in [4.69, 9.17) is 5.73 Å². The van der Waals surface area contributed by atoms with Gasteiger partial charge in [-0.1, -0.05) is 20.8 Å². The van der Waals surface area contributed by atoms with E-state index in [1.165, 1.54) is 4.70 Å². The van der Waals surface area contributed by atoms with Gasteiger partial charge in [0.2, 0.25) is 5.91 Å². The molecule has 1 atom stereocenters. The molecule has 0 saturated carbocycles. The van der Waals surface area contributed by atoms with Crippen molar-refractivity contribution in [3.05, 3.63) is 29.6 Å². The van der Waals surface area contributed by atoms with Crippen LogP contribution in [0.1, 0.15) is 20.8 Å². The molecule has 1 aromatic carbocycles. The van der Waals surface area contributed by atoms with Crippen LogP contribution >= 0.6 is 11.3 Å². The molecule has 0 radical (unpaired) electrons. The number of rotatable bonds is 2. The number of benzene rings is 1. The smallest absolute Gasteiger partial charge is 0.241 e. The zero-order chi connectivity index (χ0) is 13.3. The number of amides is 1. The van der Waals surface area contributed by atoms with Gasteiger partial charge in [-0.05, 0) is 40.4 Å². The Morgan fingerprint density at radius 2 is 2.06 bits per heavy atom. The molecule has 4 heteroatoms. The molecule has 0 spiro atoms. The Hall–Kier alpha value is -1.39. The van der Waals surface area contributed by atoms with Crippen LogP contribution in [0.2, 0.25) is 0 Å². The molecule has 0 saturated heterocycles. The lowest BCUT2D eigenvalue weighted by Crippen LogP contribution is -2.45. The van der Waals surface area contributed by atoms with Crippen molar-refractivity contribution in [2.24, 2.45) is 11.1 Å². The van der Waals surface area contributed by atoms with E-state index in [-0.39, 0.29) is 11.3 Å². The maximum absolute atomic E-state index is 12.0. The van der Waals surface area contributed by atoms with E-state index in [2.05, 4.69) is 5.32 Å². The topological polar surface area (TPSA) is 55.1 Å². The summed E-state index contributed by atoms with van der Waals surface area (Å²) < 4.78 is 1.22. The van der Waals surface area contributed by atoms with Gasteiger partial charge in [0.15, 0.2) is 0 Å². The summed E-state index contributed by atoms with van der Waals surface area (Å²) in [6.07, 6.45) is 0. The summed E-state index contributed by atoms with van der Waals surface area (Å²) in [7, 11) is 0. The monoisotopic (exact) mass is 262 g/mol. The van der Waals surface area contributed by atoms with Crippen LogP contribution in [0, 0.1) is 5.41 Å². The molecule has 0 aliphatic heterocycles. The molecule has 0 fully saturated rings. The lowest BCUT2D eigenvalue weighted by molar-refractivity contribution is -0.119. The molecule has 1 heterocycles. The number of fused-ring (bicyclic) bond motifs is 1. The Kier molecular flexibility index (Phi) is 3.41. The third kappa shape index (κ3) is 2.71. The van der Waals surface area contributed by atoms with Crippen LogP contribution in [0.15, 0.2) is 29.6 Å². The summed E-state index contributed by atoms with van der Waals surface area (Å²) in [5.74, 6) is -0.142. The maximum Gasteiger partial charge on any atom is 0.241 e. The Morgan fingerprint density at radius 3 is 2.72 bits per heavy atom. The Labute approximate surface area is 111 Å². The first-order valence-corrected chi connectivity index (χ1v) is 6.79. The van der Waals surface area contributed by atoms with Gasteiger partial charge in [-0.3, -0.25) is 4.79 Å². The van der Waals surface area contributed by atoms with Crippen LogP contribution in [-0.4, -0.2) is 11.9 Å². The Balaban J connectivity index is 2.16. The summed E-state index contributed by atoms with van der Waals surface area (Å²) in [4.78, 5) is 12.0. The van der Waals surface area contributed by atoms with Gasteiger partial charge in [0.1, 0.15) is 0 Å². The molecule has 0 aliphatic carbocycles. The van der Waals surface area contributed by atoms with Crippen molar-refractivity contribution in [3.8, 4) is 0 Å². The lowest BCUT2D eigenvalue weighted by Gasteiger charge is -2.25. The second-order valence-electron chi connectivity index (χ2n) is 5.51. The average molecular weight is 262 g/mol. The quantitative estimate of drug-likeness (QED) is 0.873. The van der Waals surface area contributed by atoms with Crippen LogP contribution in [0.25, 0.3) is 10.1 Å². The van der Waals surface area contributed by atoms with Gasteiger partial charge in [-0.15, -0.1) is 11.3 Å². The molecule has 0 aliphatic rings. The minimum Gasteiger partial charge on any atom is -0.325 e. The van der Waals surface area contributed by atoms with Crippen LogP contribution in [-0.2, 0) is 4.79 Å². The first kappa shape index (κ1) is 13.1. The van der Waals surface area contributed by atoms with Crippen LogP contribution in [0.3, 0.4) is 0 Å². The zero-order valence-corrected chi connectivity index (χ0v) is 11.7. The van der Waals surface area contributed by atoms with Gasteiger partial charge >= 0.3 is 0 Å².